The van der Waals surface area contributed by atoms with Crippen LogP contribution in [0, 0.1) is 11.8 Å². The third kappa shape index (κ3) is 2.23. The van der Waals surface area contributed by atoms with Crippen LogP contribution in [0.2, 0.25) is 0 Å². The van der Waals surface area contributed by atoms with E-state index in [1.54, 1.807) is 0 Å². The van der Waals surface area contributed by atoms with Gasteiger partial charge in [-0.1, -0.05) is 12.2 Å². The van der Waals surface area contributed by atoms with Crippen LogP contribution >= 0.6 is 11.6 Å². The van der Waals surface area contributed by atoms with Crippen molar-refractivity contribution < 1.29 is 14.3 Å². The van der Waals surface area contributed by atoms with Crippen molar-refractivity contribution in [2.45, 2.75) is 25.4 Å². The number of carbonyl (C=O) groups excluding carboxylic acids is 2. The molecule has 0 aromatic rings. The zero-order valence-electron chi connectivity index (χ0n) is 8.32. The van der Waals surface area contributed by atoms with Crippen molar-refractivity contribution in [3.63, 3.8) is 0 Å². The molecule has 82 valence electrons. The molecular formula is C11H13ClO3. The van der Waals surface area contributed by atoms with E-state index < -0.39 is 5.97 Å². The second kappa shape index (κ2) is 4.35. The minimum Gasteiger partial charge on any atom is -0.461 e. The highest BCUT2D eigenvalue weighted by molar-refractivity contribution is 6.26. The topological polar surface area (TPSA) is 43.4 Å². The van der Waals surface area contributed by atoms with Crippen LogP contribution in [-0.4, -0.2) is 23.7 Å². The van der Waals surface area contributed by atoms with Gasteiger partial charge in [-0.2, -0.15) is 0 Å². The quantitative estimate of drug-likeness (QED) is 0.410. The molecule has 2 bridgehead atoms. The Morgan fingerprint density at radius 3 is 3.07 bits per heavy atom. The standard InChI is InChI=1S/C11H13ClO3/c12-6-11(14)15-10-5-8-2-1-7(10)3-4-9(8)13/h1-2,7-8,10H,3-6H2. The fourth-order valence-corrected chi connectivity index (χ4v) is 2.32. The molecule has 1 fully saturated rings. The lowest BCUT2D eigenvalue weighted by atomic mass is 9.88. The first-order valence-electron chi connectivity index (χ1n) is 5.17. The molecule has 0 amide bonds. The van der Waals surface area contributed by atoms with Crippen molar-refractivity contribution in [1.29, 1.82) is 0 Å². The Bertz CT molecular complexity index is 311. The summed E-state index contributed by atoms with van der Waals surface area (Å²) in [7, 11) is 0. The zero-order valence-corrected chi connectivity index (χ0v) is 9.07. The number of allylic oxidation sites excluding steroid dienone is 1. The predicted octanol–water partition coefficient (Wildman–Crippen LogP) is 1.69. The number of fused-ring (bicyclic) bond motifs is 3. The van der Waals surface area contributed by atoms with Crippen LogP contribution in [0.25, 0.3) is 0 Å². The molecule has 3 unspecified atom stereocenters. The van der Waals surface area contributed by atoms with Gasteiger partial charge in [-0.3, -0.25) is 9.59 Å². The lowest BCUT2D eigenvalue weighted by Crippen LogP contribution is -2.30. The van der Waals surface area contributed by atoms with E-state index in [0.29, 0.717) is 12.8 Å². The number of carbonyl (C=O) groups is 2. The van der Waals surface area contributed by atoms with Crippen LogP contribution in [0.5, 0.6) is 0 Å². The van der Waals surface area contributed by atoms with Crippen molar-refractivity contribution >= 4 is 23.4 Å². The molecule has 15 heavy (non-hydrogen) atoms. The third-order valence-electron chi connectivity index (χ3n) is 3.08. The largest absolute Gasteiger partial charge is 0.461 e. The predicted molar refractivity (Wildman–Crippen MR) is 55.6 cm³/mol. The van der Waals surface area contributed by atoms with E-state index in [1.165, 1.54) is 0 Å². The third-order valence-corrected chi connectivity index (χ3v) is 3.30. The van der Waals surface area contributed by atoms with Crippen LogP contribution < -0.4 is 0 Å². The van der Waals surface area contributed by atoms with Crippen LogP contribution in [0.1, 0.15) is 19.3 Å². The molecule has 0 heterocycles. The van der Waals surface area contributed by atoms with E-state index in [-0.39, 0.29) is 29.6 Å². The number of alkyl halides is 1. The van der Waals surface area contributed by atoms with Crippen molar-refractivity contribution in [3.8, 4) is 0 Å². The number of hydrogen-bond donors (Lipinski definition) is 0. The zero-order chi connectivity index (χ0) is 10.8. The molecule has 3 aliphatic carbocycles. The molecule has 0 aliphatic heterocycles. The Kier molecular flexibility index (Phi) is 3.10. The van der Waals surface area contributed by atoms with Gasteiger partial charge in [0.1, 0.15) is 17.8 Å². The monoisotopic (exact) mass is 228 g/mol. The fourth-order valence-electron chi connectivity index (χ4n) is 2.26. The summed E-state index contributed by atoms with van der Waals surface area (Å²) in [5.74, 6) is -0.115. The van der Waals surface area contributed by atoms with Gasteiger partial charge in [0.2, 0.25) is 0 Å². The smallest absolute Gasteiger partial charge is 0.321 e. The van der Waals surface area contributed by atoms with Gasteiger partial charge in [-0.15, -0.1) is 11.6 Å². The Labute approximate surface area is 93.4 Å². The van der Waals surface area contributed by atoms with Crippen molar-refractivity contribution in [2.75, 3.05) is 5.88 Å². The summed E-state index contributed by atoms with van der Waals surface area (Å²) < 4.78 is 5.23. The molecule has 0 saturated heterocycles. The van der Waals surface area contributed by atoms with Crippen molar-refractivity contribution in [1.82, 2.24) is 0 Å². The molecule has 1 saturated carbocycles. The second-order valence-electron chi connectivity index (χ2n) is 4.06. The van der Waals surface area contributed by atoms with Gasteiger partial charge in [-0.05, 0) is 12.8 Å². The Hall–Kier alpha value is -0.830. The van der Waals surface area contributed by atoms with E-state index in [1.807, 2.05) is 12.2 Å². The lowest BCUT2D eigenvalue weighted by Gasteiger charge is -2.26. The highest BCUT2D eigenvalue weighted by Gasteiger charge is 2.35. The summed E-state index contributed by atoms with van der Waals surface area (Å²) in [6.07, 6.45) is 5.81. The summed E-state index contributed by atoms with van der Waals surface area (Å²) in [4.78, 5) is 22.6. The Morgan fingerprint density at radius 1 is 1.53 bits per heavy atom. The van der Waals surface area contributed by atoms with E-state index in [9.17, 15) is 9.59 Å². The molecule has 0 aromatic carbocycles. The molecule has 0 radical (unpaired) electrons. The van der Waals surface area contributed by atoms with E-state index in [2.05, 4.69) is 0 Å². The summed E-state index contributed by atoms with van der Waals surface area (Å²) in [5, 5.41) is 0. The van der Waals surface area contributed by atoms with Gasteiger partial charge in [0.25, 0.3) is 0 Å². The summed E-state index contributed by atoms with van der Waals surface area (Å²) in [5.41, 5.74) is 0. The number of ether oxygens (including phenoxy) is 1. The van der Waals surface area contributed by atoms with Gasteiger partial charge in [0.15, 0.2) is 0 Å². The molecule has 3 nitrogen and oxygen atoms in total. The lowest BCUT2D eigenvalue weighted by molar-refractivity contribution is -0.149. The highest BCUT2D eigenvalue weighted by atomic mass is 35.5. The molecule has 0 aromatic heterocycles. The average Bonchev–Trinajstić information content (AvgIpc) is 2.50. The number of esters is 1. The normalized spacial score (nSPS) is 33.9. The second-order valence-corrected chi connectivity index (χ2v) is 4.33. The number of rotatable bonds is 2. The van der Waals surface area contributed by atoms with Crippen molar-refractivity contribution in [3.05, 3.63) is 12.2 Å². The molecule has 3 aliphatic rings. The molecular weight excluding hydrogens is 216 g/mol. The van der Waals surface area contributed by atoms with Crippen LogP contribution in [0.15, 0.2) is 12.2 Å². The molecule has 3 atom stereocenters. The van der Waals surface area contributed by atoms with E-state index in [4.69, 9.17) is 16.3 Å². The fraction of sp³-hybridized carbons (Fsp3) is 0.636. The van der Waals surface area contributed by atoms with Crippen LogP contribution in [0.4, 0.5) is 0 Å². The summed E-state index contributed by atoms with van der Waals surface area (Å²) >= 11 is 5.38. The maximum Gasteiger partial charge on any atom is 0.321 e. The number of halogens is 1. The summed E-state index contributed by atoms with van der Waals surface area (Å²) in [6.45, 7) is 0. The number of Topliss-reactive ketones (excluding diaryl/α,β-unsaturated/α-hetero) is 1. The molecule has 0 spiro atoms. The van der Waals surface area contributed by atoms with E-state index >= 15 is 0 Å². The van der Waals surface area contributed by atoms with Crippen LogP contribution in [-0.2, 0) is 14.3 Å². The summed E-state index contributed by atoms with van der Waals surface area (Å²) in [6, 6.07) is 0. The van der Waals surface area contributed by atoms with Gasteiger partial charge in [-0.25, -0.2) is 0 Å². The van der Waals surface area contributed by atoms with Gasteiger partial charge < -0.3 is 4.74 Å². The maximum atomic E-state index is 11.6. The Balaban J connectivity index is 2.07. The first kappa shape index (κ1) is 10.7. The highest BCUT2D eigenvalue weighted by Crippen LogP contribution is 2.34. The van der Waals surface area contributed by atoms with Gasteiger partial charge in [0, 0.05) is 18.3 Å². The number of ketones is 1. The SMILES string of the molecule is O=C(CCl)OC1CC2C=CC1CCC2=O. The van der Waals surface area contributed by atoms with Gasteiger partial charge in [0.05, 0.1) is 0 Å². The van der Waals surface area contributed by atoms with E-state index in [0.717, 1.165) is 6.42 Å². The minimum atomic E-state index is -0.393. The first-order chi connectivity index (χ1) is 7.20. The molecule has 3 rings (SSSR count). The maximum absolute atomic E-state index is 11.6. The van der Waals surface area contributed by atoms with Gasteiger partial charge >= 0.3 is 5.97 Å². The molecule has 4 heteroatoms. The average molecular weight is 229 g/mol. The minimum absolute atomic E-state index is 0.0584. The Morgan fingerprint density at radius 2 is 2.33 bits per heavy atom. The van der Waals surface area contributed by atoms with Crippen molar-refractivity contribution in [2.24, 2.45) is 11.8 Å². The van der Waals surface area contributed by atoms with Crippen LogP contribution in [0.3, 0.4) is 0 Å². The number of hydrogen-bond acceptors (Lipinski definition) is 3. The first-order valence-corrected chi connectivity index (χ1v) is 5.70. The molecule has 0 N–H and O–H groups in total.